The molecule has 0 aliphatic rings. The third kappa shape index (κ3) is 4.79. The van der Waals surface area contributed by atoms with Crippen LogP contribution in [0, 0.1) is 0 Å². The third-order valence-corrected chi connectivity index (χ3v) is 10.6. The maximum atomic E-state index is 6.62. The van der Waals surface area contributed by atoms with Gasteiger partial charge in [0.25, 0.3) is 0 Å². The molecule has 4 nitrogen and oxygen atoms in total. The fourth-order valence-electron chi connectivity index (χ4n) is 6.95. The second-order valence-corrected chi connectivity index (χ2v) is 13.4. The van der Waals surface area contributed by atoms with E-state index in [9.17, 15) is 0 Å². The Labute approximate surface area is 292 Å². The molecule has 0 N–H and O–H groups in total. The first-order valence-electron chi connectivity index (χ1n) is 16.6. The summed E-state index contributed by atoms with van der Waals surface area (Å²) < 4.78 is 9.18. The number of hydrogen-bond donors (Lipinski definition) is 0. The standard InChI is InChI=1S/C45H27N3OS/c1-4-13-28(14-5-1)32-25-36-33-19-10-11-22-40(33)50-42(36)37(26-32)34-20-12-21-38-41(34)35-24-23-31(27-39(35)49-38)45-47-43(29-15-6-2-7-16-29)46-44(48-45)30-17-8-3-9-18-30/h1-27H. The zero-order valence-electron chi connectivity index (χ0n) is 26.7. The highest BCUT2D eigenvalue weighted by atomic mass is 32.1. The molecule has 10 aromatic rings. The Morgan fingerprint density at radius 2 is 1.00 bits per heavy atom. The van der Waals surface area contributed by atoms with Crippen molar-refractivity contribution < 1.29 is 4.42 Å². The van der Waals surface area contributed by atoms with Crippen LogP contribution in [0.15, 0.2) is 168 Å². The molecule has 0 atom stereocenters. The molecule has 3 aromatic heterocycles. The van der Waals surface area contributed by atoms with Crippen LogP contribution < -0.4 is 0 Å². The average molecular weight is 658 g/mol. The predicted octanol–water partition coefficient (Wildman–Crippen LogP) is 12.5. The average Bonchev–Trinajstić information content (AvgIpc) is 3.76. The first-order valence-corrected chi connectivity index (χ1v) is 17.4. The topological polar surface area (TPSA) is 51.8 Å². The molecule has 234 valence electrons. The van der Waals surface area contributed by atoms with Gasteiger partial charge in [-0.2, -0.15) is 0 Å². The Balaban J connectivity index is 1.18. The summed E-state index contributed by atoms with van der Waals surface area (Å²) in [5.41, 5.74) is 9.14. The van der Waals surface area contributed by atoms with E-state index in [1.807, 2.05) is 72.0 Å². The number of thiophene rings is 1. The van der Waals surface area contributed by atoms with Crippen molar-refractivity contribution in [1.82, 2.24) is 15.0 Å². The summed E-state index contributed by atoms with van der Waals surface area (Å²) in [5, 5.41) is 4.71. The summed E-state index contributed by atoms with van der Waals surface area (Å²) >= 11 is 1.85. The summed E-state index contributed by atoms with van der Waals surface area (Å²) in [5.74, 6) is 1.86. The van der Waals surface area contributed by atoms with Gasteiger partial charge in [-0.15, -0.1) is 11.3 Å². The fraction of sp³-hybridized carbons (Fsp3) is 0. The van der Waals surface area contributed by atoms with Gasteiger partial charge < -0.3 is 4.42 Å². The Kier molecular flexibility index (Phi) is 6.64. The molecular weight excluding hydrogens is 631 g/mol. The number of aromatic nitrogens is 3. The van der Waals surface area contributed by atoms with Crippen molar-refractivity contribution in [3.63, 3.8) is 0 Å². The zero-order valence-corrected chi connectivity index (χ0v) is 27.6. The molecule has 0 spiro atoms. The van der Waals surface area contributed by atoms with Gasteiger partial charge in [0.15, 0.2) is 17.5 Å². The molecule has 3 heterocycles. The van der Waals surface area contributed by atoms with Crippen LogP contribution in [0.4, 0.5) is 0 Å². The highest BCUT2D eigenvalue weighted by Gasteiger charge is 2.19. The lowest BCUT2D eigenvalue weighted by Crippen LogP contribution is -2.00. The van der Waals surface area contributed by atoms with Crippen molar-refractivity contribution in [2.24, 2.45) is 0 Å². The lowest BCUT2D eigenvalue weighted by atomic mass is 9.93. The van der Waals surface area contributed by atoms with Crippen molar-refractivity contribution in [2.75, 3.05) is 0 Å². The molecule has 0 fully saturated rings. The smallest absolute Gasteiger partial charge is 0.164 e. The Bertz CT molecular complexity index is 2800. The molecule has 7 aromatic carbocycles. The van der Waals surface area contributed by atoms with Crippen molar-refractivity contribution in [1.29, 1.82) is 0 Å². The second kappa shape index (κ2) is 11.6. The van der Waals surface area contributed by atoms with E-state index >= 15 is 0 Å². The molecule has 50 heavy (non-hydrogen) atoms. The first-order chi connectivity index (χ1) is 24.8. The summed E-state index contributed by atoms with van der Waals surface area (Å²) in [7, 11) is 0. The van der Waals surface area contributed by atoms with Crippen molar-refractivity contribution in [2.45, 2.75) is 0 Å². The number of rotatable bonds is 5. The molecule has 0 amide bonds. The summed E-state index contributed by atoms with van der Waals surface area (Å²) in [6.45, 7) is 0. The van der Waals surface area contributed by atoms with Gasteiger partial charge in [0, 0.05) is 53.2 Å². The maximum absolute atomic E-state index is 6.62. The van der Waals surface area contributed by atoms with E-state index in [0.717, 1.165) is 44.2 Å². The van der Waals surface area contributed by atoms with Gasteiger partial charge in [-0.25, -0.2) is 15.0 Å². The molecule has 0 aliphatic carbocycles. The van der Waals surface area contributed by atoms with E-state index in [1.165, 1.54) is 36.9 Å². The molecule has 0 unspecified atom stereocenters. The van der Waals surface area contributed by atoms with Gasteiger partial charge in [-0.1, -0.05) is 127 Å². The fourth-order valence-corrected chi connectivity index (χ4v) is 8.16. The normalized spacial score (nSPS) is 11.6. The zero-order chi connectivity index (χ0) is 33.0. The molecular formula is C45H27N3OS. The molecule has 5 heteroatoms. The van der Waals surface area contributed by atoms with Gasteiger partial charge in [-0.3, -0.25) is 0 Å². The molecule has 0 bridgehead atoms. The van der Waals surface area contributed by atoms with Gasteiger partial charge in [0.2, 0.25) is 0 Å². The van der Waals surface area contributed by atoms with Crippen molar-refractivity contribution in [3.05, 3.63) is 164 Å². The highest BCUT2D eigenvalue weighted by Crippen LogP contribution is 2.46. The number of nitrogens with zero attached hydrogens (tertiary/aromatic N) is 3. The summed E-state index contributed by atoms with van der Waals surface area (Å²) in [6.07, 6.45) is 0. The first kappa shape index (κ1) is 28.6. The van der Waals surface area contributed by atoms with Crippen LogP contribution in [0.25, 0.3) is 98.5 Å². The quantitative estimate of drug-likeness (QED) is 0.185. The lowest BCUT2D eigenvalue weighted by molar-refractivity contribution is 0.669. The van der Waals surface area contributed by atoms with E-state index in [-0.39, 0.29) is 0 Å². The van der Waals surface area contributed by atoms with E-state index in [1.54, 1.807) is 0 Å². The Morgan fingerprint density at radius 1 is 0.380 bits per heavy atom. The number of hydrogen-bond acceptors (Lipinski definition) is 5. The molecule has 0 saturated carbocycles. The van der Waals surface area contributed by atoms with Crippen LogP contribution in [-0.2, 0) is 0 Å². The Morgan fingerprint density at radius 3 is 1.70 bits per heavy atom. The number of furan rings is 1. The van der Waals surface area contributed by atoms with Crippen LogP contribution in [0.2, 0.25) is 0 Å². The molecule has 0 saturated heterocycles. The lowest BCUT2D eigenvalue weighted by Gasteiger charge is -2.10. The van der Waals surface area contributed by atoms with Crippen LogP contribution in [-0.4, -0.2) is 15.0 Å². The monoisotopic (exact) mass is 657 g/mol. The number of benzene rings is 7. The van der Waals surface area contributed by atoms with Gasteiger partial charge in [0.05, 0.1) is 0 Å². The highest BCUT2D eigenvalue weighted by molar-refractivity contribution is 7.26. The molecule has 10 rings (SSSR count). The van der Waals surface area contributed by atoms with E-state index in [2.05, 4.69) is 103 Å². The van der Waals surface area contributed by atoms with Crippen molar-refractivity contribution in [3.8, 4) is 56.4 Å². The minimum atomic E-state index is 0.600. The van der Waals surface area contributed by atoms with Crippen molar-refractivity contribution >= 4 is 53.4 Å². The summed E-state index contributed by atoms with van der Waals surface area (Å²) in [6, 6.07) is 56.8. The van der Waals surface area contributed by atoms with Gasteiger partial charge in [-0.05, 0) is 53.1 Å². The van der Waals surface area contributed by atoms with Gasteiger partial charge in [0.1, 0.15) is 11.2 Å². The van der Waals surface area contributed by atoms with E-state index < -0.39 is 0 Å². The minimum Gasteiger partial charge on any atom is -0.456 e. The SMILES string of the molecule is c1ccc(-c2cc(-c3cccc4oc5cc(-c6nc(-c7ccccc7)nc(-c7ccccc7)n6)ccc5c34)c3sc4ccccc4c3c2)cc1. The van der Waals surface area contributed by atoms with Crippen LogP contribution in [0.1, 0.15) is 0 Å². The van der Waals surface area contributed by atoms with Gasteiger partial charge >= 0.3 is 0 Å². The van der Waals surface area contributed by atoms with Crippen LogP contribution in [0.5, 0.6) is 0 Å². The van der Waals surface area contributed by atoms with E-state index in [4.69, 9.17) is 19.4 Å². The number of fused-ring (bicyclic) bond motifs is 6. The molecule has 0 radical (unpaired) electrons. The second-order valence-electron chi connectivity index (χ2n) is 12.4. The minimum absolute atomic E-state index is 0.600. The Hall–Kier alpha value is -6.43. The maximum Gasteiger partial charge on any atom is 0.164 e. The van der Waals surface area contributed by atoms with Crippen LogP contribution >= 0.6 is 11.3 Å². The van der Waals surface area contributed by atoms with E-state index in [0.29, 0.717) is 17.5 Å². The molecule has 0 aliphatic heterocycles. The largest absolute Gasteiger partial charge is 0.456 e. The predicted molar refractivity (Wildman–Crippen MR) is 207 cm³/mol. The third-order valence-electron chi connectivity index (χ3n) is 9.33. The van der Waals surface area contributed by atoms with Crippen LogP contribution in [0.3, 0.4) is 0 Å². The summed E-state index contributed by atoms with van der Waals surface area (Å²) in [4.78, 5) is 14.8.